The minimum absolute atomic E-state index is 0.000328. The van der Waals surface area contributed by atoms with Crippen LogP contribution >= 0.6 is 0 Å². The lowest BCUT2D eigenvalue weighted by atomic mass is 10.0. The molecule has 2 saturated heterocycles. The van der Waals surface area contributed by atoms with E-state index < -0.39 is 17.8 Å². The number of nitrogens with zero attached hydrogens (tertiary/aromatic N) is 4. The van der Waals surface area contributed by atoms with Crippen molar-refractivity contribution in [2.75, 3.05) is 53.1 Å². The summed E-state index contributed by atoms with van der Waals surface area (Å²) in [7, 11) is 1.43. The molecule has 0 aliphatic carbocycles. The number of piperazine rings is 1. The summed E-state index contributed by atoms with van der Waals surface area (Å²) >= 11 is 0. The molecule has 0 bridgehead atoms. The first-order valence-electron chi connectivity index (χ1n) is 15.2. The molecule has 3 aromatic rings. The van der Waals surface area contributed by atoms with Crippen LogP contribution in [0.15, 0.2) is 36.4 Å². The molecular formula is C33H39FN4O7. The fourth-order valence-corrected chi connectivity index (χ4v) is 6.19. The van der Waals surface area contributed by atoms with E-state index in [0.29, 0.717) is 38.4 Å². The number of morpholine rings is 1. The number of ether oxygens (including phenoxy) is 3. The number of aromatic nitrogens is 1. The number of methoxy groups -OCH3 is 1. The Balaban J connectivity index is 1.51. The molecule has 0 N–H and O–H groups in total. The van der Waals surface area contributed by atoms with Crippen LogP contribution in [0, 0.1) is 12.7 Å². The van der Waals surface area contributed by atoms with Gasteiger partial charge in [0.15, 0.2) is 0 Å². The highest BCUT2D eigenvalue weighted by molar-refractivity contribution is 6.45. The van der Waals surface area contributed by atoms with Gasteiger partial charge in [-0.3, -0.25) is 19.3 Å². The maximum absolute atomic E-state index is 14.2. The van der Waals surface area contributed by atoms with Gasteiger partial charge in [0.1, 0.15) is 11.6 Å². The second-order valence-electron chi connectivity index (χ2n) is 11.5. The van der Waals surface area contributed by atoms with Crippen LogP contribution in [-0.4, -0.2) is 108 Å². The van der Waals surface area contributed by atoms with Gasteiger partial charge in [-0.15, -0.1) is 0 Å². The van der Waals surface area contributed by atoms with Crippen LogP contribution in [0.3, 0.4) is 0 Å². The molecule has 0 saturated carbocycles. The summed E-state index contributed by atoms with van der Waals surface area (Å²) in [5.74, 6) is -1.84. The fraction of sp³-hybridized carbons (Fsp3) is 0.455. The number of ketones is 1. The Morgan fingerprint density at radius 2 is 1.69 bits per heavy atom. The third-order valence-corrected chi connectivity index (χ3v) is 8.60. The molecule has 11 nitrogen and oxygen atoms in total. The van der Waals surface area contributed by atoms with Crippen LogP contribution in [0.5, 0.6) is 5.75 Å². The van der Waals surface area contributed by atoms with Gasteiger partial charge in [-0.25, -0.2) is 13.8 Å². The van der Waals surface area contributed by atoms with E-state index >= 15 is 0 Å². The summed E-state index contributed by atoms with van der Waals surface area (Å²) in [6, 6.07) is 9.31. The third-order valence-electron chi connectivity index (χ3n) is 8.60. The lowest BCUT2D eigenvalue weighted by Crippen LogP contribution is -2.57. The number of rotatable bonds is 7. The van der Waals surface area contributed by atoms with Crippen molar-refractivity contribution in [3.05, 3.63) is 64.6 Å². The first-order valence-corrected chi connectivity index (χ1v) is 15.2. The molecule has 5 rings (SSSR count). The van der Waals surface area contributed by atoms with Gasteiger partial charge in [-0.2, -0.15) is 0 Å². The van der Waals surface area contributed by atoms with Gasteiger partial charge in [0.05, 0.1) is 43.6 Å². The summed E-state index contributed by atoms with van der Waals surface area (Å²) < 4.78 is 30.9. The van der Waals surface area contributed by atoms with Crippen molar-refractivity contribution in [2.24, 2.45) is 0 Å². The molecule has 2 atom stereocenters. The van der Waals surface area contributed by atoms with Crippen molar-refractivity contribution < 1.29 is 37.8 Å². The molecule has 2 aliphatic heterocycles. The number of hydrogen-bond acceptors (Lipinski definition) is 8. The van der Waals surface area contributed by atoms with Gasteiger partial charge in [-0.1, -0.05) is 12.1 Å². The number of halogens is 1. The monoisotopic (exact) mass is 622 g/mol. The summed E-state index contributed by atoms with van der Waals surface area (Å²) in [6.45, 7) is 10.2. The van der Waals surface area contributed by atoms with Crippen molar-refractivity contribution in [2.45, 2.75) is 46.3 Å². The van der Waals surface area contributed by atoms with Crippen molar-refractivity contribution in [3.63, 3.8) is 0 Å². The van der Waals surface area contributed by atoms with E-state index in [4.69, 9.17) is 14.2 Å². The van der Waals surface area contributed by atoms with Crippen LogP contribution in [0.25, 0.3) is 10.9 Å². The second-order valence-corrected chi connectivity index (χ2v) is 11.5. The number of fused-ring (bicyclic) bond motifs is 1. The second kappa shape index (κ2) is 13.4. The van der Waals surface area contributed by atoms with E-state index in [1.54, 1.807) is 43.0 Å². The maximum atomic E-state index is 14.2. The zero-order chi connectivity index (χ0) is 32.4. The van der Waals surface area contributed by atoms with Crippen LogP contribution in [0.1, 0.15) is 52.7 Å². The molecule has 2 amide bonds. The standard InChI is InChI=1S/C33H39FN4O7/c1-6-45-33(42)38-22(4)29(30(39)32(41)35-11-13-44-14-12-35)25-15-26(28(43-5)16-27(25)38)31(40)37-18-20(2)36(17-21(37)3)19-23-7-9-24(34)10-8-23/h7-10,15-16,20-21H,6,11-14,17-19H2,1-5H3. The Labute approximate surface area is 261 Å². The molecule has 2 unspecified atom stereocenters. The Hall–Kier alpha value is -4.29. The largest absolute Gasteiger partial charge is 0.496 e. The Bertz CT molecular complexity index is 1610. The highest BCUT2D eigenvalue weighted by atomic mass is 19.1. The topological polar surface area (TPSA) is 111 Å². The SMILES string of the molecule is CCOC(=O)n1c(C)c(C(=O)C(=O)N2CCOCC2)c2cc(C(=O)N3CC(C)N(Cc4ccc(F)cc4)CC3C)c(OC)cc21. The molecule has 0 spiro atoms. The van der Waals surface area contributed by atoms with Gasteiger partial charge in [0.25, 0.3) is 17.6 Å². The minimum Gasteiger partial charge on any atom is -0.496 e. The van der Waals surface area contributed by atoms with E-state index in [1.165, 1.54) is 28.7 Å². The molecule has 45 heavy (non-hydrogen) atoms. The van der Waals surface area contributed by atoms with E-state index in [9.17, 15) is 23.6 Å². The van der Waals surface area contributed by atoms with Crippen LogP contribution < -0.4 is 4.74 Å². The quantitative estimate of drug-likeness (QED) is 0.289. The normalized spacial score (nSPS) is 19.1. The fourth-order valence-electron chi connectivity index (χ4n) is 6.19. The van der Waals surface area contributed by atoms with Gasteiger partial charge in [0, 0.05) is 62.0 Å². The van der Waals surface area contributed by atoms with E-state index in [1.807, 2.05) is 13.8 Å². The van der Waals surface area contributed by atoms with Crippen molar-refractivity contribution in [1.29, 1.82) is 0 Å². The highest BCUT2D eigenvalue weighted by Crippen LogP contribution is 2.35. The van der Waals surface area contributed by atoms with E-state index in [0.717, 1.165) is 5.56 Å². The Kier molecular flexibility index (Phi) is 9.54. The van der Waals surface area contributed by atoms with Gasteiger partial charge < -0.3 is 24.0 Å². The van der Waals surface area contributed by atoms with Gasteiger partial charge in [0.2, 0.25) is 0 Å². The van der Waals surface area contributed by atoms with Crippen LogP contribution in [0.4, 0.5) is 9.18 Å². The minimum atomic E-state index is -0.776. The zero-order valence-electron chi connectivity index (χ0n) is 26.3. The first-order chi connectivity index (χ1) is 21.5. The maximum Gasteiger partial charge on any atom is 0.418 e. The zero-order valence-corrected chi connectivity index (χ0v) is 26.3. The predicted molar refractivity (Wildman–Crippen MR) is 164 cm³/mol. The molecule has 240 valence electrons. The number of carbonyl (C=O) groups is 4. The Morgan fingerprint density at radius 3 is 2.33 bits per heavy atom. The lowest BCUT2D eigenvalue weighted by molar-refractivity contribution is -0.130. The van der Waals surface area contributed by atoms with Crippen molar-refractivity contribution in [1.82, 2.24) is 19.3 Å². The molecule has 12 heteroatoms. The number of benzene rings is 2. The van der Waals surface area contributed by atoms with Crippen molar-refractivity contribution in [3.8, 4) is 5.75 Å². The molecule has 3 heterocycles. The molecule has 1 aromatic heterocycles. The summed E-state index contributed by atoms with van der Waals surface area (Å²) in [4.78, 5) is 59.8. The number of amides is 2. The summed E-state index contributed by atoms with van der Waals surface area (Å²) in [5.41, 5.74) is 1.76. The van der Waals surface area contributed by atoms with Gasteiger partial charge >= 0.3 is 6.09 Å². The first kappa shape index (κ1) is 32.1. The smallest absolute Gasteiger partial charge is 0.418 e. The van der Waals surface area contributed by atoms with E-state index in [2.05, 4.69) is 4.90 Å². The lowest BCUT2D eigenvalue weighted by Gasteiger charge is -2.44. The van der Waals surface area contributed by atoms with Crippen LogP contribution in [0.2, 0.25) is 0 Å². The number of carbonyl (C=O) groups excluding carboxylic acids is 4. The molecule has 2 fully saturated rings. The summed E-state index contributed by atoms with van der Waals surface area (Å²) in [6.07, 6.45) is -0.710. The van der Waals surface area contributed by atoms with Crippen molar-refractivity contribution >= 4 is 34.6 Å². The molecule has 0 radical (unpaired) electrons. The predicted octanol–water partition coefficient (Wildman–Crippen LogP) is 3.88. The highest BCUT2D eigenvalue weighted by Gasteiger charge is 2.36. The average molecular weight is 623 g/mol. The molecule has 2 aliphatic rings. The van der Waals surface area contributed by atoms with E-state index in [-0.39, 0.29) is 71.5 Å². The van der Waals surface area contributed by atoms with Crippen LogP contribution in [-0.2, 0) is 20.8 Å². The average Bonchev–Trinajstić information content (AvgIpc) is 3.32. The Morgan fingerprint density at radius 1 is 1.00 bits per heavy atom. The third kappa shape index (κ3) is 6.30. The number of Topliss-reactive ketones (excluding diaryl/α,β-unsaturated/α-hetero) is 1. The molecular weight excluding hydrogens is 583 g/mol. The number of hydrogen-bond donors (Lipinski definition) is 0. The van der Waals surface area contributed by atoms with Gasteiger partial charge in [-0.05, 0) is 51.5 Å². The molecule has 2 aromatic carbocycles. The summed E-state index contributed by atoms with van der Waals surface area (Å²) in [5, 5.41) is 0.284.